The van der Waals surface area contributed by atoms with Crippen LogP contribution in [0.15, 0.2) is 35.0 Å². The normalized spacial score (nSPS) is 12.3. The molecular weight excluding hydrogens is 242 g/mol. The van der Waals surface area contributed by atoms with E-state index in [1.807, 2.05) is 19.2 Å². The Balaban J connectivity index is 1.94. The minimum Gasteiger partial charge on any atom is -0.454 e. The number of hydrogen-bond acceptors (Lipinski definition) is 3. The van der Waals surface area contributed by atoms with Crippen LogP contribution in [0.1, 0.15) is 43.0 Å². The van der Waals surface area contributed by atoms with Crippen LogP contribution in [-0.2, 0) is 6.54 Å². The van der Waals surface area contributed by atoms with E-state index in [1.54, 1.807) is 23.0 Å². The van der Waals surface area contributed by atoms with Gasteiger partial charge in [-0.05, 0) is 31.5 Å². The van der Waals surface area contributed by atoms with Gasteiger partial charge in [-0.3, -0.25) is 9.48 Å². The van der Waals surface area contributed by atoms with E-state index in [1.165, 1.54) is 0 Å². The molecule has 2 rings (SSSR count). The third kappa shape index (κ3) is 3.71. The zero-order valence-corrected chi connectivity index (χ0v) is 11.3. The first-order valence-electron chi connectivity index (χ1n) is 6.56. The van der Waals surface area contributed by atoms with Gasteiger partial charge in [0.05, 0.1) is 6.54 Å². The van der Waals surface area contributed by atoms with Gasteiger partial charge in [-0.15, -0.1) is 0 Å². The number of nitrogens with zero attached hydrogens (tertiary/aromatic N) is 2. The highest BCUT2D eigenvalue weighted by molar-refractivity contribution is 5.91. The van der Waals surface area contributed by atoms with Gasteiger partial charge in [-0.1, -0.05) is 13.3 Å². The van der Waals surface area contributed by atoms with Crippen LogP contribution in [0.3, 0.4) is 0 Å². The minimum absolute atomic E-state index is 0.160. The summed E-state index contributed by atoms with van der Waals surface area (Å²) in [6, 6.07) is 5.52. The van der Waals surface area contributed by atoms with Crippen LogP contribution in [0, 0.1) is 0 Å². The first-order valence-corrected chi connectivity index (χ1v) is 6.56. The maximum atomic E-state index is 11.9. The molecule has 0 bridgehead atoms. The van der Waals surface area contributed by atoms with Crippen molar-refractivity contribution in [2.45, 2.75) is 39.3 Å². The molecule has 0 radical (unpaired) electrons. The molecule has 19 heavy (non-hydrogen) atoms. The molecule has 1 atom stereocenters. The van der Waals surface area contributed by atoms with E-state index in [2.05, 4.69) is 17.3 Å². The Bertz CT molecular complexity index is 517. The monoisotopic (exact) mass is 261 g/mol. The van der Waals surface area contributed by atoms with Crippen molar-refractivity contribution < 1.29 is 9.21 Å². The maximum Gasteiger partial charge on any atom is 0.287 e. The van der Waals surface area contributed by atoms with E-state index >= 15 is 0 Å². The first-order chi connectivity index (χ1) is 9.19. The predicted molar refractivity (Wildman–Crippen MR) is 71.9 cm³/mol. The third-order valence-corrected chi connectivity index (χ3v) is 2.86. The highest BCUT2D eigenvalue weighted by Crippen LogP contribution is 2.10. The largest absolute Gasteiger partial charge is 0.454 e. The van der Waals surface area contributed by atoms with E-state index in [0.717, 1.165) is 18.6 Å². The summed E-state index contributed by atoms with van der Waals surface area (Å²) in [6.07, 6.45) is 5.57. The van der Waals surface area contributed by atoms with Gasteiger partial charge >= 0.3 is 0 Å². The van der Waals surface area contributed by atoms with Crippen molar-refractivity contribution in [3.63, 3.8) is 0 Å². The first kappa shape index (κ1) is 13.4. The molecular formula is C14H19N3O2. The average molecular weight is 261 g/mol. The van der Waals surface area contributed by atoms with E-state index in [9.17, 15) is 4.79 Å². The van der Waals surface area contributed by atoms with Crippen molar-refractivity contribution in [2.24, 2.45) is 0 Å². The number of nitrogens with one attached hydrogen (secondary N) is 1. The molecule has 0 aliphatic rings. The Labute approximate surface area is 112 Å². The van der Waals surface area contributed by atoms with Gasteiger partial charge in [-0.2, -0.15) is 5.10 Å². The molecule has 5 nitrogen and oxygen atoms in total. The van der Waals surface area contributed by atoms with Gasteiger partial charge in [0.15, 0.2) is 5.76 Å². The summed E-state index contributed by atoms with van der Waals surface area (Å²) >= 11 is 0. The lowest BCUT2D eigenvalue weighted by Crippen LogP contribution is -2.32. The lowest BCUT2D eigenvalue weighted by atomic mass is 10.2. The number of carbonyl (C=O) groups excluding carboxylic acids is 1. The van der Waals surface area contributed by atoms with Crippen LogP contribution < -0.4 is 5.32 Å². The number of aromatic nitrogens is 2. The zero-order chi connectivity index (χ0) is 13.7. The summed E-state index contributed by atoms with van der Waals surface area (Å²) in [5.41, 5.74) is 0. The third-order valence-electron chi connectivity index (χ3n) is 2.86. The zero-order valence-electron chi connectivity index (χ0n) is 11.3. The highest BCUT2D eigenvalue weighted by Gasteiger charge is 2.13. The summed E-state index contributed by atoms with van der Waals surface area (Å²) in [5, 5.41) is 7.01. The number of hydrogen-bond donors (Lipinski definition) is 1. The van der Waals surface area contributed by atoms with Crippen LogP contribution in [0.25, 0.3) is 0 Å². The van der Waals surface area contributed by atoms with E-state index in [-0.39, 0.29) is 11.9 Å². The molecule has 0 fully saturated rings. The quantitative estimate of drug-likeness (QED) is 0.868. The molecule has 2 heterocycles. The fourth-order valence-electron chi connectivity index (χ4n) is 1.94. The van der Waals surface area contributed by atoms with E-state index in [4.69, 9.17) is 4.42 Å². The summed E-state index contributed by atoms with van der Waals surface area (Å²) in [7, 11) is 0. The van der Waals surface area contributed by atoms with E-state index in [0.29, 0.717) is 12.3 Å². The average Bonchev–Trinajstić information content (AvgIpc) is 3.01. The maximum absolute atomic E-state index is 11.9. The molecule has 102 valence electrons. The summed E-state index contributed by atoms with van der Waals surface area (Å²) in [6.45, 7) is 4.62. The standard InChI is InChI=1S/C14H19N3O2/c1-3-5-11(2)16-14(18)13-7-6-12(19-13)10-17-9-4-8-15-17/h4,6-9,11H,3,5,10H2,1-2H3,(H,16,18)/t11-/m0/s1. The number of carbonyl (C=O) groups is 1. The van der Waals surface area contributed by atoms with Gasteiger partial charge < -0.3 is 9.73 Å². The van der Waals surface area contributed by atoms with Crippen molar-refractivity contribution in [2.75, 3.05) is 0 Å². The Morgan fingerprint density at radius 2 is 2.37 bits per heavy atom. The summed E-state index contributed by atoms with van der Waals surface area (Å²) in [4.78, 5) is 11.9. The van der Waals surface area contributed by atoms with Gasteiger partial charge in [0.2, 0.25) is 0 Å². The van der Waals surface area contributed by atoms with Crippen LogP contribution in [0.5, 0.6) is 0 Å². The lowest BCUT2D eigenvalue weighted by molar-refractivity contribution is 0.0908. The molecule has 0 saturated heterocycles. The predicted octanol–water partition coefficient (Wildman–Crippen LogP) is 2.44. The molecule has 1 N–H and O–H groups in total. The molecule has 0 aromatic carbocycles. The van der Waals surface area contributed by atoms with Gasteiger partial charge in [-0.25, -0.2) is 0 Å². The molecule has 0 spiro atoms. The van der Waals surface area contributed by atoms with Crippen molar-refractivity contribution in [3.8, 4) is 0 Å². The number of amides is 1. The Hall–Kier alpha value is -2.04. The fourth-order valence-corrected chi connectivity index (χ4v) is 1.94. The Morgan fingerprint density at radius 3 is 3.05 bits per heavy atom. The Morgan fingerprint density at radius 1 is 1.53 bits per heavy atom. The highest BCUT2D eigenvalue weighted by atomic mass is 16.4. The smallest absolute Gasteiger partial charge is 0.287 e. The molecule has 0 aliphatic carbocycles. The molecule has 2 aromatic heterocycles. The van der Waals surface area contributed by atoms with Crippen LogP contribution in [0.2, 0.25) is 0 Å². The van der Waals surface area contributed by atoms with Crippen molar-refractivity contribution in [1.82, 2.24) is 15.1 Å². The van der Waals surface area contributed by atoms with Crippen molar-refractivity contribution >= 4 is 5.91 Å². The van der Waals surface area contributed by atoms with Crippen LogP contribution >= 0.6 is 0 Å². The molecule has 0 aliphatic heterocycles. The van der Waals surface area contributed by atoms with Crippen LogP contribution in [0.4, 0.5) is 0 Å². The fraction of sp³-hybridized carbons (Fsp3) is 0.429. The van der Waals surface area contributed by atoms with E-state index < -0.39 is 0 Å². The topological polar surface area (TPSA) is 60.1 Å². The molecule has 2 aromatic rings. The van der Waals surface area contributed by atoms with Crippen molar-refractivity contribution in [1.29, 1.82) is 0 Å². The van der Waals surface area contributed by atoms with Crippen LogP contribution in [-0.4, -0.2) is 21.7 Å². The Kier molecular flexibility index (Phi) is 4.39. The summed E-state index contributed by atoms with van der Waals surface area (Å²) < 4.78 is 7.28. The number of furan rings is 1. The molecule has 1 amide bonds. The second-order valence-corrected chi connectivity index (χ2v) is 4.63. The number of rotatable bonds is 6. The second-order valence-electron chi connectivity index (χ2n) is 4.63. The lowest BCUT2D eigenvalue weighted by Gasteiger charge is -2.10. The van der Waals surface area contributed by atoms with Gasteiger partial charge in [0.1, 0.15) is 5.76 Å². The minimum atomic E-state index is -0.160. The summed E-state index contributed by atoms with van der Waals surface area (Å²) in [5.74, 6) is 0.912. The van der Waals surface area contributed by atoms with Gasteiger partial charge in [0.25, 0.3) is 5.91 Å². The molecule has 0 unspecified atom stereocenters. The van der Waals surface area contributed by atoms with Crippen molar-refractivity contribution in [3.05, 3.63) is 42.1 Å². The SMILES string of the molecule is CCC[C@H](C)NC(=O)c1ccc(Cn2cccn2)o1. The molecule has 5 heteroatoms. The van der Waals surface area contributed by atoms with Gasteiger partial charge in [0, 0.05) is 18.4 Å². The molecule has 0 saturated carbocycles. The second kappa shape index (κ2) is 6.22.